The van der Waals surface area contributed by atoms with Gasteiger partial charge in [0.05, 0.1) is 18.0 Å². The van der Waals surface area contributed by atoms with Crippen molar-refractivity contribution >= 4 is 11.5 Å². The molecule has 16 heavy (non-hydrogen) atoms. The highest BCUT2D eigenvalue weighted by Gasteiger charge is 2.31. The van der Waals surface area contributed by atoms with Crippen molar-refractivity contribution in [2.24, 2.45) is 0 Å². The van der Waals surface area contributed by atoms with Gasteiger partial charge in [-0.05, 0) is 19.1 Å². The Morgan fingerprint density at radius 1 is 1.62 bits per heavy atom. The Kier molecular flexibility index (Phi) is 2.98. The fraction of sp³-hybridized carbons (Fsp3) is 0.545. The normalized spacial score (nSPS) is 24.6. The molecule has 0 aliphatic carbocycles. The number of rotatable bonds is 3. The molecule has 1 saturated heterocycles. The highest BCUT2D eigenvalue weighted by molar-refractivity contribution is 5.49. The number of nitrogens with one attached hydrogen (secondary N) is 1. The molecule has 1 unspecified atom stereocenters. The molecule has 88 valence electrons. The number of anilines is 2. The smallest absolute Gasteiger partial charge is 0.126 e. The monoisotopic (exact) mass is 223 g/mol. The van der Waals surface area contributed by atoms with Crippen molar-refractivity contribution in [1.29, 1.82) is 0 Å². The van der Waals surface area contributed by atoms with Crippen LogP contribution in [0.2, 0.25) is 0 Å². The third kappa shape index (κ3) is 2.43. The van der Waals surface area contributed by atoms with Gasteiger partial charge in [0.15, 0.2) is 0 Å². The summed E-state index contributed by atoms with van der Waals surface area (Å²) in [5.74, 6) is 0.729. The van der Waals surface area contributed by atoms with Gasteiger partial charge in [0.25, 0.3) is 0 Å². The minimum atomic E-state index is -0.767. The fourth-order valence-electron chi connectivity index (χ4n) is 1.66. The van der Waals surface area contributed by atoms with Gasteiger partial charge in [-0.1, -0.05) is 0 Å². The van der Waals surface area contributed by atoms with Crippen molar-refractivity contribution in [3.63, 3.8) is 0 Å². The molecule has 4 N–H and O–H groups in total. The van der Waals surface area contributed by atoms with E-state index in [4.69, 9.17) is 10.5 Å². The van der Waals surface area contributed by atoms with E-state index in [1.54, 1.807) is 6.07 Å². The number of nitrogen functional groups attached to an aromatic ring is 1. The van der Waals surface area contributed by atoms with Crippen molar-refractivity contribution in [3.8, 4) is 0 Å². The van der Waals surface area contributed by atoms with Crippen LogP contribution in [-0.4, -0.2) is 35.5 Å². The summed E-state index contributed by atoms with van der Waals surface area (Å²) in [5.41, 5.74) is 6.37. The summed E-state index contributed by atoms with van der Waals surface area (Å²) >= 11 is 0. The lowest BCUT2D eigenvalue weighted by molar-refractivity contribution is 0.0381. The average molecular weight is 223 g/mol. The Morgan fingerprint density at radius 2 is 2.44 bits per heavy atom. The second-order valence-corrected chi connectivity index (χ2v) is 4.25. The van der Waals surface area contributed by atoms with Crippen LogP contribution in [-0.2, 0) is 4.74 Å². The van der Waals surface area contributed by atoms with Gasteiger partial charge >= 0.3 is 0 Å². The minimum absolute atomic E-state index is 0.383. The number of aromatic nitrogens is 1. The molecule has 1 aromatic rings. The van der Waals surface area contributed by atoms with E-state index in [9.17, 15) is 5.11 Å². The molecule has 1 aromatic heterocycles. The van der Waals surface area contributed by atoms with Crippen LogP contribution in [0, 0.1) is 6.92 Å². The van der Waals surface area contributed by atoms with E-state index in [1.807, 2.05) is 13.0 Å². The molecule has 1 aliphatic rings. The average Bonchev–Trinajstić information content (AvgIpc) is 2.68. The lowest BCUT2D eigenvalue weighted by Crippen LogP contribution is -2.37. The number of aliphatic hydroxyl groups is 1. The van der Waals surface area contributed by atoms with Gasteiger partial charge in [-0.2, -0.15) is 0 Å². The van der Waals surface area contributed by atoms with Gasteiger partial charge in [-0.3, -0.25) is 0 Å². The molecule has 1 aliphatic heterocycles. The second-order valence-electron chi connectivity index (χ2n) is 4.25. The second kappa shape index (κ2) is 4.27. The summed E-state index contributed by atoms with van der Waals surface area (Å²) in [6, 6.07) is 3.61. The first-order valence-corrected chi connectivity index (χ1v) is 5.36. The zero-order valence-electron chi connectivity index (χ0n) is 9.36. The molecular weight excluding hydrogens is 206 g/mol. The molecule has 2 heterocycles. The summed E-state index contributed by atoms with van der Waals surface area (Å²) < 4.78 is 5.16. The van der Waals surface area contributed by atoms with Crippen molar-refractivity contribution in [3.05, 3.63) is 17.8 Å². The van der Waals surface area contributed by atoms with Gasteiger partial charge in [0.1, 0.15) is 11.4 Å². The number of hydrogen-bond acceptors (Lipinski definition) is 5. The summed E-state index contributed by atoms with van der Waals surface area (Å²) in [6.45, 7) is 3.30. The largest absolute Gasteiger partial charge is 0.397 e. The number of aryl methyl sites for hydroxylation is 1. The first kappa shape index (κ1) is 11.2. The van der Waals surface area contributed by atoms with Crippen LogP contribution in [0.15, 0.2) is 12.1 Å². The summed E-state index contributed by atoms with van der Waals surface area (Å²) in [6.07, 6.45) is 0.661. The number of pyridine rings is 1. The predicted octanol–water partition coefficient (Wildman–Crippen LogP) is 0.536. The van der Waals surface area contributed by atoms with Crippen molar-refractivity contribution in [1.82, 2.24) is 4.98 Å². The van der Waals surface area contributed by atoms with Crippen LogP contribution in [0.1, 0.15) is 12.1 Å². The van der Waals surface area contributed by atoms with E-state index in [2.05, 4.69) is 10.3 Å². The maximum Gasteiger partial charge on any atom is 0.126 e. The van der Waals surface area contributed by atoms with Gasteiger partial charge in [-0.25, -0.2) is 4.98 Å². The van der Waals surface area contributed by atoms with Crippen LogP contribution in [0.25, 0.3) is 0 Å². The zero-order chi connectivity index (χ0) is 11.6. The SMILES string of the molecule is Cc1nc(NCC2(O)CCOC2)ccc1N. The molecular formula is C11H17N3O2. The maximum absolute atomic E-state index is 10.0. The molecule has 0 aromatic carbocycles. The minimum Gasteiger partial charge on any atom is -0.397 e. The van der Waals surface area contributed by atoms with Crippen molar-refractivity contribution in [2.45, 2.75) is 18.9 Å². The highest BCUT2D eigenvalue weighted by Crippen LogP contribution is 2.19. The standard InChI is InChI=1S/C11H17N3O2/c1-8-9(12)2-3-10(14-8)13-6-11(15)4-5-16-7-11/h2-3,15H,4-7,12H2,1H3,(H,13,14). The van der Waals surface area contributed by atoms with Gasteiger partial charge < -0.3 is 20.9 Å². The molecule has 0 saturated carbocycles. The molecule has 0 spiro atoms. The molecule has 5 nitrogen and oxygen atoms in total. The molecule has 5 heteroatoms. The van der Waals surface area contributed by atoms with E-state index < -0.39 is 5.60 Å². The number of nitrogens with zero attached hydrogens (tertiary/aromatic N) is 1. The maximum atomic E-state index is 10.0. The number of ether oxygens (including phenoxy) is 1. The van der Waals surface area contributed by atoms with Crippen LogP contribution >= 0.6 is 0 Å². The zero-order valence-corrected chi connectivity index (χ0v) is 9.36. The van der Waals surface area contributed by atoms with E-state index in [0.29, 0.717) is 31.9 Å². The van der Waals surface area contributed by atoms with Crippen LogP contribution in [0.4, 0.5) is 11.5 Å². The summed E-state index contributed by atoms with van der Waals surface area (Å²) in [5, 5.41) is 13.1. The van der Waals surface area contributed by atoms with Gasteiger partial charge in [0, 0.05) is 19.6 Å². The Labute approximate surface area is 94.6 Å². The van der Waals surface area contributed by atoms with Crippen molar-refractivity contribution in [2.75, 3.05) is 30.8 Å². The Bertz CT molecular complexity index is 375. The quantitative estimate of drug-likeness (QED) is 0.696. The van der Waals surface area contributed by atoms with Crippen LogP contribution < -0.4 is 11.1 Å². The molecule has 0 radical (unpaired) electrons. The van der Waals surface area contributed by atoms with Crippen LogP contribution in [0.3, 0.4) is 0 Å². The van der Waals surface area contributed by atoms with E-state index >= 15 is 0 Å². The summed E-state index contributed by atoms with van der Waals surface area (Å²) in [7, 11) is 0. The lowest BCUT2D eigenvalue weighted by atomic mass is 10.0. The number of hydrogen-bond donors (Lipinski definition) is 3. The van der Waals surface area contributed by atoms with E-state index in [1.165, 1.54) is 0 Å². The third-order valence-electron chi connectivity index (χ3n) is 2.81. The molecule has 1 fully saturated rings. The molecule has 0 amide bonds. The van der Waals surface area contributed by atoms with E-state index in [-0.39, 0.29) is 0 Å². The number of nitrogens with two attached hydrogens (primary N) is 1. The highest BCUT2D eigenvalue weighted by atomic mass is 16.5. The van der Waals surface area contributed by atoms with Gasteiger partial charge in [-0.15, -0.1) is 0 Å². The fourth-order valence-corrected chi connectivity index (χ4v) is 1.66. The van der Waals surface area contributed by atoms with Crippen molar-refractivity contribution < 1.29 is 9.84 Å². The topological polar surface area (TPSA) is 80.4 Å². The van der Waals surface area contributed by atoms with E-state index in [0.717, 1.165) is 11.5 Å². The first-order chi connectivity index (χ1) is 7.59. The lowest BCUT2D eigenvalue weighted by Gasteiger charge is -2.21. The molecule has 1 atom stereocenters. The van der Waals surface area contributed by atoms with Gasteiger partial charge in [0.2, 0.25) is 0 Å². The Morgan fingerprint density at radius 3 is 3.06 bits per heavy atom. The van der Waals surface area contributed by atoms with Crippen LogP contribution in [0.5, 0.6) is 0 Å². The third-order valence-corrected chi connectivity index (χ3v) is 2.81. The summed E-state index contributed by atoms with van der Waals surface area (Å²) in [4.78, 5) is 4.28. The molecule has 0 bridgehead atoms. The first-order valence-electron chi connectivity index (χ1n) is 5.36. The Balaban J connectivity index is 1.96. The molecule has 2 rings (SSSR count). The predicted molar refractivity (Wildman–Crippen MR) is 62.3 cm³/mol. The Hall–Kier alpha value is -1.33.